The van der Waals surface area contributed by atoms with Crippen molar-refractivity contribution in [2.75, 3.05) is 6.54 Å². The van der Waals surface area contributed by atoms with Crippen LogP contribution in [0.5, 0.6) is 0 Å². The summed E-state index contributed by atoms with van der Waals surface area (Å²) in [4.78, 5) is 22.6. The summed E-state index contributed by atoms with van der Waals surface area (Å²) >= 11 is 0. The van der Waals surface area contributed by atoms with Crippen molar-refractivity contribution < 1.29 is 14.7 Å². The number of aryl methyl sites for hydroxylation is 2. The Hall–Kier alpha value is -1.85. The molecule has 0 bridgehead atoms. The maximum Gasteiger partial charge on any atom is 0.303 e. The molecule has 0 aliphatic carbocycles. The number of aromatic nitrogens is 2. The van der Waals surface area contributed by atoms with Crippen LogP contribution in [-0.4, -0.2) is 33.3 Å². The largest absolute Gasteiger partial charge is 0.481 e. The van der Waals surface area contributed by atoms with Gasteiger partial charge in [-0.1, -0.05) is 20.3 Å². The molecule has 1 aromatic heterocycles. The molecule has 1 amide bonds. The summed E-state index contributed by atoms with van der Waals surface area (Å²) in [5.41, 5.74) is 1.37. The van der Waals surface area contributed by atoms with E-state index in [1.54, 1.807) is 17.8 Å². The highest BCUT2D eigenvalue weighted by Crippen LogP contribution is 2.08. The minimum absolute atomic E-state index is 0.0414. The molecule has 19 heavy (non-hydrogen) atoms. The third-order valence-corrected chi connectivity index (χ3v) is 3.12. The SMILES string of the molecule is CCc1cc(C(=O)NCC(CC)CC(=O)O)n(C)n1. The van der Waals surface area contributed by atoms with Crippen LogP contribution < -0.4 is 5.32 Å². The van der Waals surface area contributed by atoms with Crippen LogP contribution in [0.4, 0.5) is 0 Å². The molecule has 1 aromatic rings. The highest BCUT2D eigenvalue weighted by molar-refractivity contribution is 5.92. The lowest BCUT2D eigenvalue weighted by molar-refractivity contribution is -0.138. The van der Waals surface area contributed by atoms with Crippen LogP contribution in [0.25, 0.3) is 0 Å². The fourth-order valence-electron chi connectivity index (χ4n) is 1.85. The van der Waals surface area contributed by atoms with Crippen LogP contribution in [0.15, 0.2) is 6.07 Å². The number of hydrogen-bond acceptors (Lipinski definition) is 3. The van der Waals surface area contributed by atoms with Gasteiger partial charge in [-0.3, -0.25) is 14.3 Å². The zero-order valence-electron chi connectivity index (χ0n) is 11.6. The lowest BCUT2D eigenvalue weighted by Crippen LogP contribution is -2.31. The zero-order chi connectivity index (χ0) is 14.4. The van der Waals surface area contributed by atoms with Crippen molar-refractivity contribution in [3.05, 3.63) is 17.5 Å². The van der Waals surface area contributed by atoms with Crippen molar-refractivity contribution in [1.82, 2.24) is 15.1 Å². The van der Waals surface area contributed by atoms with Gasteiger partial charge in [0.15, 0.2) is 0 Å². The Labute approximate surface area is 112 Å². The molecule has 1 rings (SSSR count). The number of carbonyl (C=O) groups is 2. The fraction of sp³-hybridized carbons (Fsp3) is 0.615. The minimum atomic E-state index is -0.838. The van der Waals surface area contributed by atoms with Gasteiger partial charge >= 0.3 is 5.97 Å². The predicted molar refractivity (Wildman–Crippen MR) is 71.0 cm³/mol. The van der Waals surface area contributed by atoms with Gasteiger partial charge < -0.3 is 10.4 Å². The van der Waals surface area contributed by atoms with Crippen LogP contribution >= 0.6 is 0 Å². The van der Waals surface area contributed by atoms with E-state index in [1.165, 1.54) is 0 Å². The molecule has 2 N–H and O–H groups in total. The Bertz CT molecular complexity index is 454. The average molecular weight is 267 g/mol. The van der Waals surface area contributed by atoms with Gasteiger partial charge in [0.2, 0.25) is 0 Å². The third kappa shape index (κ3) is 4.39. The second-order valence-corrected chi connectivity index (χ2v) is 4.58. The molecule has 1 heterocycles. The highest BCUT2D eigenvalue weighted by atomic mass is 16.4. The van der Waals surface area contributed by atoms with Crippen LogP contribution in [0.3, 0.4) is 0 Å². The molecule has 0 aliphatic rings. The number of hydrogen-bond donors (Lipinski definition) is 2. The first kappa shape index (κ1) is 15.2. The van der Waals surface area contributed by atoms with Crippen molar-refractivity contribution in [1.29, 1.82) is 0 Å². The number of amides is 1. The quantitative estimate of drug-likeness (QED) is 0.777. The van der Waals surface area contributed by atoms with E-state index in [2.05, 4.69) is 10.4 Å². The fourth-order valence-corrected chi connectivity index (χ4v) is 1.85. The van der Waals surface area contributed by atoms with Crippen LogP contribution in [-0.2, 0) is 18.3 Å². The van der Waals surface area contributed by atoms with E-state index in [4.69, 9.17) is 5.11 Å². The predicted octanol–water partition coefficient (Wildman–Crippen LogP) is 1.21. The molecule has 0 aliphatic heterocycles. The molecular weight excluding hydrogens is 246 g/mol. The van der Waals surface area contributed by atoms with Crippen LogP contribution in [0.1, 0.15) is 42.9 Å². The summed E-state index contributed by atoms with van der Waals surface area (Å²) in [6.07, 6.45) is 1.57. The first-order valence-corrected chi connectivity index (χ1v) is 6.50. The normalized spacial score (nSPS) is 12.2. The summed E-state index contributed by atoms with van der Waals surface area (Å²) in [6, 6.07) is 1.76. The lowest BCUT2D eigenvalue weighted by atomic mass is 10.0. The first-order valence-electron chi connectivity index (χ1n) is 6.50. The van der Waals surface area contributed by atoms with Crippen molar-refractivity contribution in [3.8, 4) is 0 Å². The molecule has 1 unspecified atom stereocenters. The van der Waals surface area contributed by atoms with Gasteiger partial charge in [0.25, 0.3) is 5.91 Å². The molecule has 0 spiro atoms. The molecule has 1 atom stereocenters. The Morgan fingerprint density at radius 1 is 1.47 bits per heavy atom. The number of carboxylic acids is 1. The van der Waals surface area contributed by atoms with E-state index in [1.807, 2.05) is 13.8 Å². The summed E-state index contributed by atoms with van der Waals surface area (Å²) < 4.78 is 1.55. The molecule has 0 fully saturated rings. The highest BCUT2D eigenvalue weighted by Gasteiger charge is 2.16. The number of carbonyl (C=O) groups excluding carboxylic acids is 1. The van der Waals surface area contributed by atoms with E-state index in [-0.39, 0.29) is 18.2 Å². The minimum Gasteiger partial charge on any atom is -0.481 e. The van der Waals surface area contributed by atoms with E-state index >= 15 is 0 Å². The smallest absolute Gasteiger partial charge is 0.303 e. The first-order chi connectivity index (χ1) is 8.97. The molecule has 6 nitrogen and oxygen atoms in total. The Morgan fingerprint density at radius 3 is 2.63 bits per heavy atom. The maximum absolute atomic E-state index is 12.0. The lowest BCUT2D eigenvalue weighted by Gasteiger charge is -2.13. The number of carboxylic acid groups (broad SMARTS) is 1. The number of nitrogens with one attached hydrogen (secondary N) is 1. The van der Waals surface area contributed by atoms with Crippen molar-refractivity contribution in [3.63, 3.8) is 0 Å². The third-order valence-electron chi connectivity index (χ3n) is 3.12. The number of nitrogens with zero attached hydrogens (tertiary/aromatic N) is 2. The Balaban J connectivity index is 2.58. The van der Waals surface area contributed by atoms with E-state index in [9.17, 15) is 9.59 Å². The van der Waals surface area contributed by atoms with Crippen molar-refractivity contribution in [2.24, 2.45) is 13.0 Å². The number of aliphatic carboxylic acids is 1. The van der Waals surface area contributed by atoms with E-state index in [0.717, 1.165) is 18.5 Å². The van der Waals surface area contributed by atoms with Crippen molar-refractivity contribution >= 4 is 11.9 Å². The van der Waals surface area contributed by atoms with Gasteiger partial charge in [-0.25, -0.2) is 0 Å². The summed E-state index contributed by atoms with van der Waals surface area (Å²) in [6.45, 7) is 4.26. The van der Waals surface area contributed by atoms with Crippen LogP contribution in [0, 0.1) is 5.92 Å². The molecule has 106 valence electrons. The molecule has 0 saturated heterocycles. The summed E-state index contributed by atoms with van der Waals surface area (Å²) in [5, 5.41) is 15.7. The summed E-state index contributed by atoms with van der Waals surface area (Å²) in [5.74, 6) is -1.09. The van der Waals surface area contributed by atoms with Gasteiger partial charge in [-0.2, -0.15) is 5.10 Å². The van der Waals surface area contributed by atoms with Gasteiger partial charge in [0.1, 0.15) is 5.69 Å². The van der Waals surface area contributed by atoms with E-state index < -0.39 is 5.97 Å². The van der Waals surface area contributed by atoms with Crippen molar-refractivity contribution in [2.45, 2.75) is 33.1 Å². The van der Waals surface area contributed by atoms with Gasteiger partial charge in [-0.05, 0) is 18.4 Å². The molecule has 0 aromatic carbocycles. The Morgan fingerprint density at radius 2 is 2.16 bits per heavy atom. The number of rotatable bonds is 7. The Kier molecular flexibility index (Phi) is 5.54. The van der Waals surface area contributed by atoms with Gasteiger partial charge in [0, 0.05) is 20.0 Å². The van der Waals surface area contributed by atoms with Gasteiger partial charge in [-0.15, -0.1) is 0 Å². The average Bonchev–Trinajstić information content (AvgIpc) is 2.75. The maximum atomic E-state index is 12.0. The molecular formula is C13H21N3O3. The molecule has 6 heteroatoms. The molecule has 0 radical (unpaired) electrons. The second kappa shape index (κ2) is 6.92. The van der Waals surface area contributed by atoms with Gasteiger partial charge in [0.05, 0.1) is 5.69 Å². The monoisotopic (exact) mass is 267 g/mol. The summed E-state index contributed by atoms with van der Waals surface area (Å²) in [7, 11) is 1.72. The van der Waals surface area contributed by atoms with E-state index in [0.29, 0.717) is 12.2 Å². The molecule has 0 saturated carbocycles. The zero-order valence-corrected chi connectivity index (χ0v) is 11.6. The second-order valence-electron chi connectivity index (χ2n) is 4.58. The standard InChI is InChI=1S/C13H21N3O3/c1-4-9(6-12(17)18)8-14-13(19)11-7-10(5-2)15-16(11)3/h7,9H,4-6,8H2,1-3H3,(H,14,19)(H,17,18). The van der Waals surface area contributed by atoms with Crippen LogP contribution in [0.2, 0.25) is 0 Å². The topological polar surface area (TPSA) is 84.2 Å².